The van der Waals surface area contributed by atoms with Crippen LogP contribution in [0, 0.1) is 10.1 Å². The summed E-state index contributed by atoms with van der Waals surface area (Å²) < 4.78 is 0.353. The lowest BCUT2D eigenvalue weighted by Crippen LogP contribution is -2.27. The van der Waals surface area contributed by atoms with E-state index in [9.17, 15) is 14.9 Å². The van der Waals surface area contributed by atoms with E-state index in [1.165, 1.54) is 34.9 Å². The van der Waals surface area contributed by atoms with Crippen molar-refractivity contribution in [2.24, 2.45) is 0 Å². The van der Waals surface area contributed by atoms with Gasteiger partial charge < -0.3 is 4.90 Å². The minimum absolute atomic E-state index is 0.0835. The van der Waals surface area contributed by atoms with Gasteiger partial charge in [-0.25, -0.2) is 0 Å². The number of hydrogen-bond acceptors (Lipinski definition) is 6. The van der Waals surface area contributed by atoms with Crippen LogP contribution >= 0.6 is 24.0 Å². The molecule has 6 nitrogen and oxygen atoms in total. The van der Waals surface area contributed by atoms with Gasteiger partial charge in [0.15, 0.2) is 4.32 Å². The van der Waals surface area contributed by atoms with Crippen LogP contribution < -0.4 is 9.80 Å². The zero-order valence-corrected chi connectivity index (χ0v) is 15.7. The molecule has 1 aliphatic rings. The molecule has 132 valence electrons. The molecule has 1 fully saturated rings. The van der Waals surface area contributed by atoms with Crippen LogP contribution in [0.15, 0.2) is 53.4 Å². The topological polar surface area (TPSA) is 66.7 Å². The molecular weight excluding hydrogens is 370 g/mol. The van der Waals surface area contributed by atoms with Crippen LogP contribution in [-0.2, 0) is 4.79 Å². The van der Waals surface area contributed by atoms with Crippen LogP contribution in [0.3, 0.4) is 0 Å². The molecule has 0 spiro atoms. The second kappa shape index (κ2) is 7.27. The van der Waals surface area contributed by atoms with E-state index in [1.54, 1.807) is 12.1 Å². The van der Waals surface area contributed by atoms with E-state index < -0.39 is 4.92 Å². The van der Waals surface area contributed by atoms with Gasteiger partial charge in [0.05, 0.1) is 15.5 Å². The minimum atomic E-state index is -0.497. The molecule has 0 N–H and O–H groups in total. The second-order valence-corrected chi connectivity index (χ2v) is 7.46. The average molecular weight is 385 g/mol. The van der Waals surface area contributed by atoms with E-state index in [2.05, 4.69) is 0 Å². The maximum atomic E-state index is 12.7. The molecule has 0 atom stereocenters. The summed E-state index contributed by atoms with van der Waals surface area (Å²) in [6.45, 7) is 0. The van der Waals surface area contributed by atoms with Crippen LogP contribution in [0.5, 0.6) is 0 Å². The number of hydrogen-bond donors (Lipinski definition) is 0. The highest BCUT2D eigenvalue weighted by molar-refractivity contribution is 8.27. The van der Waals surface area contributed by atoms with Gasteiger partial charge in [0.2, 0.25) is 0 Å². The van der Waals surface area contributed by atoms with Gasteiger partial charge in [0.1, 0.15) is 0 Å². The summed E-state index contributed by atoms with van der Waals surface area (Å²) in [6, 6.07) is 13.7. The van der Waals surface area contributed by atoms with E-state index in [1.807, 2.05) is 43.3 Å². The molecule has 0 aliphatic carbocycles. The monoisotopic (exact) mass is 385 g/mol. The summed E-state index contributed by atoms with van der Waals surface area (Å²) in [5.41, 5.74) is 2.26. The Kier molecular flexibility index (Phi) is 5.06. The van der Waals surface area contributed by atoms with E-state index >= 15 is 0 Å². The Labute approximate surface area is 160 Å². The number of nitro benzene ring substituents is 1. The molecule has 2 aromatic carbocycles. The predicted molar refractivity (Wildman–Crippen MR) is 110 cm³/mol. The first kappa shape index (κ1) is 18.1. The number of carbonyl (C=O) groups is 1. The van der Waals surface area contributed by atoms with E-state index in [4.69, 9.17) is 12.2 Å². The number of rotatable bonds is 4. The van der Waals surface area contributed by atoms with Gasteiger partial charge in [-0.1, -0.05) is 42.2 Å². The summed E-state index contributed by atoms with van der Waals surface area (Å²) in [5.74, 6) is -0.280. The van der Waals surface area contributed by atoms with Gasteiger partial charge in [0.25, 0.3) is 11.6 Å². The standard InChI is InChI=1S/C18H15N3O3S2/c1-19(2)13-8-6-12(7-9-13)10-16-17(22)20(18(25)26-16)14-4-3-5-15(11-14)21(23)24/h3-11H,1-2H3. The van der Waals surface area contributed by atoms with Crippen molar-refractivity contribution in [2.45, 2.75) is 0 Å². The molecule has 26 heavy (non-hydrogen) atoms. The molecule has 0 bridgehead atoms. The maximum absolute atomic E-state index is 12.7. The SMILES string of the molecule is CN(C)c1ccc(C=C2SC(=S)N(c3cccc([N+](=O)[O-])c3)C2=O)cc1. The fourth-order valence-electron chi connectivity index (χ4n) is 2.46. The molecule has 1 amide bonds. The zero-order valence-electron chi connectivity index (χ0n) is 14.1. The summed E-state index contributed by atoms with van der Waals surface area (Å²) in [7, 11) is 3.92. The van der Waals surface area contributed by atoms with Gasteiger partial charge in [0, 0.05) is 31.9 Å². The molecule has 0 radical (unpaired) electrons. The zero-order chi connectivity index (χ0) is 18.8. The molecule has 8 heteroatoms. The van der Waals surface area contributed by atoms with Gasteiger partial charge in [-0.3, -0.25) is 19.8 Å². The highest BCUT2D eigenvalue weighted by Gasteiger charge is 2.33. The van der Waals surface area contributed by atoms with E-state index in [0.29, 0.717) is 14.9 Å². The van der Waals surface area contributed by atoms with Crippen molar-refractivity contribution in [1.29, 1.82) is 0 Å². The molecule has 2 aromatic rings. The van der Waals surface area contributed by atoms with Crippen LogP contribution in [0.4, 0.5) is 17.1 Å². The number of non-ortho nitro benzene ring substituents is 1. The van der Waals surface area contributed by atoms with E-state index in [-0.39, 0.29) is 11.6 Å². The minimum Gasteiger partial charge on any atom is -0.378 e. The Morgan fingerprint density at radius 1 is 1.19 bits per heavy atom. The number of anilines is 2. The number of carbonyl (C=O) groups excluding carboxylic acids is 1. The van der Waals surface area contributed by atoms with Gasteiger partial charge in [-0.2, -0.15) is 0 Å². The normalized spacial score (nSPS) is 15.6. The van der Waals surface area contributed by atoms with Gasteiger partial charge >= 0.3 is 0 Å². The van der Waals surface area contributed by atoms with Crippen LogP contribution in [-0.4, -0.2) is 29.2 Å². The van der Waals surface area contributed by atoms with Crippen molar-refractivity contribution >= 4 is 57.3 Å². The molecule has 1 heterocycles. The fraction of sp³-hybridized carbons (Fsp3) is 0.111. The Morgan fingerprint density at radius 3 is 2.50 bits per heavy atom. The average Bonchev–Trinajstić information content (AvgIpc) is 2.89. The third kappa shape index (κ3) is 3.61. The number of thioether (sulfide) groups is 1. The highest BCUT2D eigenvalue weighted by Crippen LogP contribution is 2.37. The van der Waals surface area contributed by atoms with E-state index in [0.717, 1.165) is 11.3 Å². The van der Waals surface area contributed by atoms with Crippen LogP contribution in [0.2, 0.25) is 0 Å². The number of nitrogens with zero attached hydrogens (tertiary/aromatic N) is 3. The third-order valence-electron chi connectivity index (χ3n) is 3.80. The molecule has 1 saturated heterocycles. The van der Waals surface area contributed by atoms with Gasteiger partial charge in [-0.05, 0) is 29.8 Å². The maximum Gasteiger partial charge on any atom is 0.271 e. The molecule has 0 saturated carbocycles. The molecule has 1 aliphatic heterocycles. The smallest absolute Gasteiger partial charge is 0.271 e. The quantitative estimate of drug-likeness (QED) is 0.342. The predicted octanol–water partition coefficient (Wildman–Crippen LogP) is 4.07. The first-order valence-electron chi connectivity index (χ1n) is 7.66. The molecule has 0 aromatic heterocycles. The lowest BCUT2D eigenvalue weighted by atomic mass is 10.2. The largest absolute Gasteiger partial charge is 0.378 e. The van der Waals surface area contributed by atoms with Crippen molar-refractivity contribution in [3.05, 3.63) is 69.1 Å². The number of thiocarbonyl (C=S) groups is 1. The summed E-state index contributed by atoms with van der Waals surface area (Å²) >= 11 is 6.49. The molecule has 3 rings (SSSR count). The first-order valence-corrected chi connectivity index (χ1v) is 8.89. The first-order chi connectivity index (χ1) is 12.4. The highest BCUT2D eigenvalue weighted by atomic mass is 32.2. The van der Waals surface area contributed by atoms with Crippen molar-refractivity contribution < 1.29 is 9.72 Å². The second-order valence-electron chi connectivity index (χ2n) is 5.78. The van der Waals surface area contributed by atoms with Crippen LogP contribution in [0.25, 0.3) is 6.08 Å². The van der Waals surface area contributed by atoms with Crippen molar-refractivity contribution in [1.82, 2.24) is 0 Å². The number of benzene rings is 2. The van der Waals surface area contributed by atoms with Crippen LogP contribution in [0.1, 0.15) is 5.56 Å². The Morgan fingerprint density at radius 2 is 1.88 bits per heavy atom. The van der Waals surface area contributed by atoms with Crippen molar-refractivity contribution in [3.8, 4) is 0 Å². The van der Waals surface area contributed by atoms with Gasteiger partial charge in [-0.15, -0.1) is 0 Å². The lowest BCUT2D eigenvalue weighted by Gasteiger charge is -2.14. The lowest BCUT2D eigenvalue weighted by molar-refractivity contribution is -0.384. The van der Waals surface area contributed by atoms with Crippen molar-refractivity contribution in [3.63, 3.8) is 0 Å². The molecular formula is C18H15N3O3S2. The number of amides is 1. The Bertz CT molecular complexity index is 924. The van der Waals surface area contributed by atoms with Crippen molar-refractivity contribution in [2.75, 3.05) is 23.9 Å². The summed E-state index contributed by atoms with van der Waals surface area (Å²) in [6.07, 6.45) is 1.77. The molecule has 0 unspecified atom stereocenters. The third-order valence-corrected chi connectivity index (χ3v) is 5.10. The fourth-order valence-corrected chi connectivity index (χ4v) is 3.76. The number of nitro groups is 1. The Hall–Kier alpha value is -2.71. The summed E-state index contributed by atoms with van der Waals surface area (Å²) in [4.78, 5) is 27.0. The Balaban J connectivity index is 1.89. The summed E-state index contributed by atoms with van der Waals surface area (Å²) in [5, 5.41) is 11.0.